The van der Waals surface area contributed by atoms with E-state index in [1.807, 2.05) is 7.11 Å². The van der Waals surface area contributed by atoms with Crippen molar-refractivity contribution in [1.29, 1.82) is 0 Å². The lowest BCUT2D eigenvalue weighted by Gasteiger charge is -2.37. The van der Waals surface area contributed by atoms with Crippen LogP contribution in [0.15, 0.2) is 109 Å². The zero-order valence-corrected chi connectivity index (χ0v) is 49.4. The Kier molecular flexibility index (Phi) is 26.0. The van der Waals surface area contributed by atoms with Crippen molar-refractivity contribution in [3.63, 3.8) is 0 Å². The van der Waals surface area contributed by atoms with Crippen molar-refractivity contribution in [2.75, 3.05) is 35.0 Å². The molecule has 7 unspecified atom stereocenters. The number of epoxide rings is 1. The van der Waals surface area contributed by atoms with Gasteiger partial charge in [0.2, 0.25) is 0 Å². The average molecular weight is 1110 g/mol. The number of aliphatic hydroxyl groups is 1. The molecule has 7 atom stereocenters. The van der Waals surface area contributed by atoms with E-state index in [0.29, 0.717) is 53.1 Å². The lowest BCUT2D eigenvalue weighted by atomic mass is 9.79. The SMILES string of the molecule is CCCCCCOc1ccc(C(=O)Oc2ccc(C=CC(=O)OC)cc2)cc1.COC(=O)C=Cc1ccc(OC(=O)c2ccc(OC)cc2)cc1.CO[Si](C)(CCC1CCC2OC2C1)O[Si](C)(C)CCC1CCC(O)C(C)C1. The van der Waals surface area contributed by atoms with E-state index >= 15 is 0 Å². The molecule has 1 saturated heterocycles. The lowest BCUT2D eigenvalue weighted by Crippen LogP contribution is -2.48. The van der Waals surface area contributed by atoms with Crippen LogP contribution in [0.4, 0.5) is 0 Å². The van der Waals surface area contributed by atoms with Gasteiger partial charge in [0, 0.05) is 19.3 Å². The Labute approximate surface area is 465 Å². The van der Waals surface area contributed by atoms with Gasteiger partial charge in [-0.05, 0) is 197 Å². The molecule has 7 rings (SSSR count). The summed E-state index contributed by atoms with van der Waals surface area (Å²) in [5.74, 6) is 2.54. The highest BCUT2D eigenvalue weighted by Crippen LogP contribution is 2.42. The molecule has 1 heterocycles. The molecule has 0 bridgehead atoms. The minimum Gasteiger partial charge on any atom is -0.497 e. The first-order valence-electron chi connectivity index (χ1n) is 27.6. The summed E-state index contributed by atoms with van der Waals surface area (Å²) >= 11 is 0. The number of esters is 4. The van der Waals surface area contributed by atoms with Crippen molar-refractivity contribution in [3.8, 4) is 23.0 Å². The molecule has 0 radical (unpaired) electrons. The normalized spacial score (nSPS) is 20.3. The second-order valence-electron chi connectivity index (χ2n) is 21.2. The number of methoxy groups -OCH3 is 3. The van der Waals surface area contributed by atoms with Crippen LogP contribution >= 0.6 is 0 Å². The fourth-order valence-corrected chi connectivity index (χ4v) is 17.6. The predicted molar refractivity (Wildman–Crippen MR) is 309 cm³/mol. The van der Waals surface area contributed by atoms with E-state index in [4.69, 9.17) is 32.2 Å². The largest absolute Gasteiger partial charge is 0.497 e. The number of ether oxygens (including phenoxy) is 7. The van der Waals surface area contributed by atoms with Gasteiger partial charge in [0.1, 0.15) is 23.0 Å². The Morgan fingerprint density at radius 1 is 0.603 bits per heavy atom. The molecule has 4 aromatic carbocycles. The zero-order valence-electron chi connectivity index (χ0n) is 47.4. The number of hydrogen-bond acceptors (Lipinski definition) is 14. The van der Waals surface area contributed by atoms with Crippen LogP contribution in [0.1, 0.15) is 123 Å². The van der Waals surface area contributed by atoms with Crippen LogP contribution in [-0.2, 0) is 32.3 Å². The van der Waals surface area contributed by atoms with Gasteiger partial charge in [-0.15, -0.1) is 0 Å². The molecule has 2 aliphatic carbocycles. The molecular formula is C62H84O14Si2. The molecule has 16 heteroatoms. The molecule has 78 heavy (non-hydrogen) atoms. The summed E-state index contributed by atoms with van der Waals surface area (Å²) < 4.78 is 48.9. The monoisotopic (exact) mass is 1110 g/mol. The Balaban J connectivity index is 0.000000217. The fraction of sp³-hybridized carbons (Fsp3) is 0.484. The van der Waals surface area contributed by atoms with Crippen LogP contribution in [0.5, 0.6) is 23.0 Å². The molecule has 4 aromatic rings. The van der Waals surface area contributed by atoms with Gasteiger partial charge in [-0.2, -0.15) is 0 Å². The summed E-state index contributed by atoms with van der Waals surface area (Å²) in [5, 5.41) is 9.96. The van der Waals surface area contributed by atoms with E-state index in [1.165, 1.54) is 90.2 Å². The number of carbonyl (C=O) groups is 4. The molecule has 424 valence electrons. The molecule has 0 spiro atoms. The second kappa shape index (κ2) is 32.3. The van der Waals surface area contributed by atoms with Crippen molar-refractivity contribution in [2.45, 2.75) is 141 Å². The van der Waals surface area contributed by atoms with E-state index < -0.39 is 40.8 Å². The summed E-state index contributed by atoms with van der Waals surface area (Å²) in [7, 11) is 2.25. The summed E-state index contributed by atoms with van der Waals surface area (Å²) in [4.78, 5) is 46.4. The van der Waals surface area contributed by atoms with E-state index in [-0.39, 0.29) is 6.10 Å². The van der Waals surface area contributed by atoms with Crippen molar-refractivity contribution in [1.82, 2.24) is 0 Å². The predicted octanol–water partition coefficient (Wildman–Crippen LogP) is 13.2. The molecule has 1 aliphatic heterocycles. The maximum atomic E-state index is 12.3. The van der Waals surface area contributed by atoms with Crippen LogP contribution < -0.4 is 18.9 Å². The van der Waals surface area contributed by atoms with Crippen LogP contribution in [0.2, 0.25) is 31.7 Å². The second-order valence-corrected chi connectivity index (χ2v) is 29.2. The Bertz CT molecular complexity index is 2510. The molecule has 3 fully saturated rings. The van der Waals surface area contributed by atoms with Crippen LogP contribution in [-0.4, -0.2) is 99.2 Å². The average Bonchev–Trinajstić information content (AvgIpc) is 4.25. The number of rotatable bonds is 24. The topological polar surface area (TPSA) is 175 Å². The Morgan fingerprint density at radius 3 is 1.59 bits per heavy atom. The van der Waals surface area contributed by atoms with Gasteiger partial charge in [-0.1, -0.05) is 63.8 Å². The van der Waals surface area contributed by atoms with E-state index in [2.05, 4.69) is 43.0 Å². The summed E-state index contributed by atoms with van der Waals surface area (Å²) in [6.45, 7) is 12.1. The Morgan fingerprint density at radius 2 is 1.10 bits per heavy atom. The van der Waals surface area contributed by atoms with Crippen LogP contribution in [0, 0.1) is 17.8 Å². The van der Waals surface area contributed by atoms with Crippen molar-refractivity contribution in [2.24, 2.45) is 17.8 Å². The molecule has 3 aliphatic rings. The number of hydrogen-bond donors (Lipinski definition) is 1. The molecule has 2 saturated carbocycles. The molecule has 14 nitrogen and oxygen atoms in total. The maximum Gasteiger partial charge on any atom is 0.343 e. The van der Waals surface area contributed by atoms with Crippen molar-refractivity contribution >= 4 is 52.9 Å². The number of aliphatic hydroxyl groups excluding tert-OH is 1. The van der Waals surface area contributed by atoms with E-state index in [9.17, 15) is 24.3 Å². The third kappa shape index (κ3) is 22.5. The number of benzene rings is 4. The Hall–Kier alpha value is -5.89. The standard InChI is InChI=1S/C23H26O5.C21H42O4Si2.C18H16O5/c1-3-4-5-6-17-27-20-14-10-19(11-15-20)23(25)28-21-12-7-18(8-13-21)9-16-22(24)26-2;1-16-14-17(6-8-19(16)22)10-12-26(3,4)25-27(5,23-2)13-11-18-7-9-20-21(15-18)24-20;1-21-15-10-6-14(7-11-15)18(20)23-16-8-3-13(4-9-16)5-12-17(19)22-2/h7-16H,3-6,17H2,1-2H3;16-22H,6-15H2,1-5H3;3-12H,1-2H3. The summed E-state index contributed by atoms with van der Waals surface area (Å²) in [5.41, 5.74) is 2.47. The maximum absolute atomic E-state index is 12.3. The van der Waals surface area contributed by atoms with Gasteiger partial charge >= 0.3 is 32.4 Å². The fourth-order valence-electron chi connectivity index (χ4n) is 9.57. The van der Waals surface area contributed by atoms with Gasteiger partial charge in [-0.25, -0.2) is 19.2 Å². The third-order valence-electron chi connectivity index (χ3n) is 14.5. The van der Waals surface area contributed by atoms with E-state index in [0.717, 1.165) is 54.0 Å². The minimum absolute atomic E-state index is 0.0805. The van der Waals surface area contributed by atoms with Gasteiger partial charge in [0.15, 0.2) is 8.32 Å². The molecule has 0 amide bonds. The first-order valence-corrected chi connectivity index (χ1v) is 33.2. The molecule has 1 N–H and O–H groups in total. The van der Waals surface area contributed by atoms with Crippen molar-refractivity contribution < 1.29 is 66.0 Å². The van der Waals surface area contributed by atoms with Gasteiger partial charge in [0.25, 0.3) is 0 Å². The van der Waals surface area contributed by atoms with Crippen molar-refractivity contribution in [3.05, 3.63) is 131 Å². The lowest BCUT2D eigenvalue weighted by molar-refractivity contribution is -0.135. The number of fused-ring (bicyclic) bond motifs is 1. The molecular weight excluding hydrogens is 1020 g/mol. The van der Waals surface area contributed by atoms with Gasteiger partial charge < -0.3 is 46.8 Å². The summed E-state index contributed by atoms with van der Waals surface area (Å²) in [6, 6.07) is 29.5. The number of unbranched alkanes of at least 4 members (excludes halogenated alkanes) is 3. The minimum atomic E-state index is -2.08. The highest BCUT2D eigenvalue weighted by Gasteiger charge is 2.45. The third-order valence-corrected chi connectivity index (χ3v) is 22.0. The van der Waals surface area contributed by atoms with Gasteiger partial charge in [0.05, 0.1) is 57.4 Å². The van der Waals surface area contributed by atoms with E-state index in [1.54, 1.807) is 116 Å². The highest BCUT2D eigenvalue weighted by atomic mass is 28.4. The quantitative estimate of drug-likeness (QED) is 0.0175. The number of carbonyl (C=O) groups excluding carboxylic acids is 4. The zero-order chi connectivity index (χ0) is 56.5. The van der Waals surface area contributed by atoms with Crippen LogP contribution in [0.25, 0.3) is 12.2 Å². The highest BCUT2D eigenvalue weighted by molar-refractivity contribution is 6.82. The first kappa shape index (κ1) is 63.0. The summed E-state index contributed by atoms with van der Waals surface area (Å²) in [6.07, 6.45) is 21.3. The van der Waals surface area contributed by atoms with Gasteiger partial charge in [-0.3, -0.25) is 0 Å². The first-order chi connectivity index (χ1) is 37.4. The smallest absolute Gasteiger partial charge is 0.343 e. The molecule has 0 aromatic heterocycles. The van der Waals surface area contributed by atoms with Crippen LogP contribution in [0.3, 0.4) is 0 Å².